The number of carbonyl (C=O) groups excluding carboxylic acids is 3. The van der Waals surface area contributed by atoms with Gasteiger partial charge >= 0.3 is 48.6 Å². The molecule has 0 radical (unpaired) electrons. The van der Waals surface area contributed by atoms with Crippen molar-refractivity contribution in [1.29, 1.82) is 0 Å². The standard InChI is InChI=1S/C21H20F3NO2.C20H18F3NO2.C18H14F3NO2.C10H15NO3S.C10H9NO2.C8H6BrF3/c1-13(2)25-17(11-14-6-4-5-7-18(14)21(22,23)24)12-16-10-15(20(26)27-3)8-9-19(16)25;1-12(2)24-16(10-13-5-3-4-6-17(13)20(21,22)23)11-15-9-14(19(25)26)7-8-18(15)24;1-24-17(23)12-6-7-16-13(8-12)10-14(22-16)9-11-4-2-3-5-15(11)18(19,20)21;1-2-15(13,14)9-5-3-8(4-6-9)10(11)7-12;1-13-10(12)8-2-3-9-7(6-8)4-5-11-9;9-5-6-3-1-2-4-7(6)8(10,11)12/h4-10,12-13H,11H2,1-3H3;3-9,11-12H,10H2,1-2H3,(H,25,26);2-8,10,22H,9H2,1H3;3-6,10,12H,2,7,11H2,1H3;2-6,11H,1H3;1-4H,5H2. The van der Waals surface area contributed by atoms with Crippen molar-refractivity contribution < 1.29 is 105 Å². The van der Waals surface area contributed by atoms with Crippen LogP contribution < -0.4 is 5.73 Å². The minimum absolute atomic E-state index is 0.0243. The van der Waals surface area contributed by atoms with Crippen molar-refractivity contribution in [2.75, 3.05) is 33.7 Å². The summed E-state index contributed by atoms with van der Waals surface area (Å²) in [4.78, 5) is 52.1. The van der Waals surface area contributed by atoms with E-state index in [9.17, 15) is 80.3 Å². The van der Waals surface area contributed by atoms with Gasteiger partial charge in [-0.1, -0.05) is 108 Å². The fourth-order valence-electron chi connectivity index (χ4n) is 12.8. The quantitative estimate of drug-likeness (QED) is 0.0248. The molecule has 1 unspecified atom stereocenters. The van der Waals surface area contributed by atoms with Crippen LogP contribution in [0.4, 0.5) is 52.7 Å². The number of aliphatic hydroxyl groups is 1. The van der Waals surface area contributed by atoms with Crippen molar-refractivity contribution in [2.24, 2.45) is 5.73 Å². The normalized spacial score (nSPS) is 11.9. The van der Waals surface area contributed by atoms with Crippen LogP contribution in [0.3, 0.4) is 0 Å². The second kappa shape index (κ2) is 39.4. The Kier molecular flexibility index (Phi) is 30.7. The second-order valence-electron chi connectivity index (χ2n) is 26.9. The molecule has 0 aliphatic rings. The lowest BCUT2D eigenvalue weighted by atomic mass is 10.0. The van der Waals surface area contributed by atoms with E-state index in [1.54, 1.807) is 116 Å². The fourth-order valence-corrected chi connectivity index (χ4v) is 14.2. The lowest BCUT2D eigenvalue weighted by Gasteiger charge is -2.17. The van der Waals surface area contributed by atoms with Crippen LogP contribution in [-0.4, -0.2) is 95.3 Å². The molecule has 0 saturated heterocycles. The minimum atomic E-state index is -4.41. The molecule has 117 heavy (non-hydrogen) atoms. The summed E-state index contributed by atoms with van der Waals surface area (Å²) in [6.45, 7) is 9.30. The highest BCUT2D eigenvalue weighted by molar-refractivity contribution is 9.08. The number of halogens is 13. The molecule has 0 amide bonds. The number of nitrogens with two attached hydrogens (primary N) is 1. The van der Waals surface area contributed by atoms with Crippen LogP contribution >= 0.6 is 15.9 Å². The van der Waals surface area contributed by atoms with E-state index >= 15 is 0 Å². The molecule has 13 rings (SSSR count). The van der Waals surface area contributed by atoms with Gasteiger partial charge in [-0.3, -0.25) is 0 Å². The number of aromatic amines is 2. The summed E-state index contributed by atoms with van der Waals surface area (Å²) < 4.78 is 197. The summed E-state index contributed by atoms with van der Waals surface area (Å²) in [6.07, 6.45) is -15.2. The molecule has 0 aliphatic carbocycles. The SMILES string of the molecule is CC(C)n1c(Cc2ccccc2C(F)(F)F)cc2cc(C(=O)O)ccc21.CCS(=O)(=O)c1ccc(C(N)CO)cc1.COC(=O)c1ccc2[nH]c(Cc3ccccc3C(F)(F)F)cc2c1.COC(=O)c1ccc2[nH]ccc2c1.COC(=O)c1ccc2c(c1)cc(Cc1ccccc1C(F)(F)F)n2C(C)C.FC(F)(F)c1ccccc1CBr. The van der Waals surface area contributed by atoms with Crippen LogP contribution in [0.5, 0.6) is 0 Å². The number of carboxylic acids is 1. The molecule has 0 saturated carbocycles. The predicted octanol–water partition coefficient (Wildman–Crippen LogP) is 21.7. The van der Waals surface area contributed by atoms with Gasteiger partial charge in [0.15, 0.2) is 9.84 Å². The zero-order valence-corrected chi connectivity index (χ0v) is 66.6. The molecular formula is C87H82BrF12N5O11S. The van der Waals surface area contributed by atoms with Crippen molar-refractivity contribution in [3.8, 4) is 0 Å². The summed E-state index contributed by atoms with van der Waals surface area (Å²) in [6, 6.07) is 55.7. The van der Waals surface area contributed by atoms with E-state index in [2.05, 4.69) is 35.4 Å². The summed E-state index contributed by atoms with van der Waals surface area (Å²) >= 11 is 3.00. The van der Waals surface area contributed by atoms with Gasteiger partial charge in [-0.25, -0.2) is 27.6 Å². The highest BCUT2D eigenvalue weighted by atomic mass is 79.9. The van der Waals surface area contributed by atoms with Crippen molar-refractivity contribution in [2.45, 2.75) is 107 Å². The Hall–Kier alpha value is -11.5. The number of fused-ring (bicyclic) bond motifs is 4. The van der Waals surface area contributed by atoms with Crippen molar-refractivity contribution in [3.63, 3.8) is 0 Å². The lowest BCUT2D eigenvalue weighted by molar-refractivity contribution is -0.139. The van der Waals surface area contributed by atoms with Crippen LogP contribution in [0.15, 0.2) is 229 Å². The average molecular weight is 1710 g/mol. The predicted molar refractivity (Wildman–Crippen MR) is 427 cm³/mol. The largest absolute Gasteiger partial charge is 0.478 e. The molecule has 0 aliphatic heterocycles. The van der Waals surface area contributed by atoms with Gasteiger partial charge in [0.2, 0.25) is 0 Å². The van der Waals surface area contributed by atoms with Crippen LogP contribution in [0.1, 0.15) is 161 Å². The molecule has 4 aromatic heterocycles. The highest BCUT2D eigenvalue weighted by Gasteiger charge is 2.36. The molecule has 0 bridgehead atoms. The van der Waals surface area contributed by atoms with Gasteiger partial charge in [-0.2, -0.15) is 52.7 Å². The summed E-state index contributed by atoms with van der Waals surface area (Å²) in [7, 11) is 0.834. The number of esters is 3. The highest BCUT2D eigenvalue weighted by Crippen LogP contribution is 2.39. The Morgan fingerprint density at radius 2 is 0.829 bits per heavy atom. The van der Waals surface area contributed by atoms with E-state index in [-0.39, 0.29) is 82.8 Å². The maximum atomic E-state index is 13.3. The Balaban J connectivity index is 0.000000180. The molecule has 1 atom stereocenters. The Bertz CT molecular complexity index is 5730. The van der Waals surface area contributed by atoms with Gasteiger partial charge in [0.05, 0.1) is 89.1 Å². The second-order valence-corrected chi connectivity index (χ2v) is 29.8. The number of carboxylic acid groups (broad SMARTS) is 1. The molecule has 4 heterocycles. The van der Waals surface area contributed by atoms with Gasteiger partial charge in [-0.05, 0) is 189 Å². The Morgan fingerprint density at radius 3 is 1.21 bits per heavy atom. The van der Waals surface area contributed by atoms with Gasteiger partial charge in [-0.15, -0.1) is 0 Å². The zero-order chi connectivity index (χ0) is 86.1. The number of nitrogens with one attached hydrogen (secondary N) is 2. The summed E-state index contributed by atoms with van der Waals surface area (Å²) in [5.74, 6) is -2.16. The van der Waals surface area contributed by atoms with E-state index in [0.29, 0.717) is 38.4 Å². The summed E-state index contributed by atoms with van der Waals surface area (Å²) in [5.41, 5.74) is 11.8. The molecule has 6 N–H and O–H groups in total. The molecule has 0 spiro atoms. The van der Waals surface area contributed by atoms with Crippen LogP contribution in [0.25, 0.3) is 43.6 Å². The van der Waals surface area contributed by atoms with Crippen molar-refractivity contribution in [3.05, 3.63) is 314 Å². The molecule has 618 valence electrons. The number of alkyl halides is 13. The third-order valence-corrected chi connectivity index (χ3v) is 20.8. The van der Waals surface area contributed by atoms with Crippen molar-refractivity contribution in [1.82, 2.24) is 19.1 Å². The van der Waals surface area contributed by atoms with E-state index in [1.807, 2.05) is 61.2 Å². The van der Waals surface area contributed by atoms with Gasteiger partial charge < -0.3 is 49.3 Å². The number of hydrogen-bond donors (Lipinski definition) is 5. The van der Waals surface area contributed by atoms with Crippen LogP contribution in [0, 0.1) is 0 Å². The molecule has 30 heteroatoms. The molecule has 9 aromatic carbocycles. The number of rotatable bonds is 17. The first-order chi connectivity index (χ1) is 55.2. The lowest BCUT2D eigenvalue weighted by Crippen LogP contribution is -2.14. The molecule has 0 fully saturated rings. The molecule has 16 nitrogen and oxygen atoms in total. The van der Waals surface area contributed by atoms with Gasteiger partial charge in [0.25, 0.3) is 0 Å². The number of methoxy groups -OCH3 is 3. The number of carbonyl (C=O) groups is 4. The number of aromatic carboxylic acids is 1. The maximum Gasteiger partial charge on any atom is 0.416 e. The number of benzene rings is 9. The first kappa shape index (κ1) is 91.1. The van der Waals surface area contributed by atoms with E-state index in [1.165, 1.54) is 88.1 Å². The molecule has 13 aromatic rings. The number of nitrogens with zero attached hydrogens (tertiary/aromatic N) is 2. The third kappa shape index (κ3) is 23.7. The zero-order valence-electron chi connectivity index (χ0n) is 64.2. The van der Waals surface area contributed by atoms with E-state index in [0.717, 1.165) is 73.7 Å². The third-order valence-electron chi connectivity index (χ3n) is 18.4. The number of aliphatic hydroxyl groups excluding tert-OH is 1. The first-order valence-electron chi connectivity index (χ1n) is 36.0. The van der Waals surface area contributed by atoms with Crippen molar-refractivity contribution >= 4 is 93.3 Å². The maximum absolute atomic E-state index is 13.3. The number of aromatic nitrogens is 4. The Morgan fingerprint density at radius 1 is 0.462 bits per heavy atom. The number of H-pyrrole nitrogens is 2. The van der Waals surface area contributed by atoms with E-state index in [4.69, 9.17) is 20.7 Å². The first-order valence-corrected chi connectivity index (χ1v) is 38.7. The smallest absolute Gasteiger partial charge is 0.416 e. The monoisotopic (exact) mass is 1710 g/mol. The minimum Gasteiger partial charge on any atom is -0.478 e. The fraction of sp³-hybridized carbons (Fsp3) is 0.241. The summed E-state index contributed by atoms with van der Waals surface area (Å²) in [5, 5.41) is 21.5. The van der Waals surface area contributed by atoms with E-state index < -0.39 is 80.7 Å². The van der Waals surface area contributed by atoms with Gasteiger partial charge in [0.1, 0.15) is 0 Å². The number of ether oxygens (including phenoxy) is 3. The van der Waals surface area contributed by atoms with Gasteiger partial charge in [0, 0.05) is 104 Å². The van der Waals surface area contributed by atoms with Crippen LogP contribution in [-0.2, 0) is 73.3 Å². The molecular weight excluding hydrogens is 1630 g/mol. The number of hydrogen-bond acceptors (Lipinski definition) is 11. The van der Waals surface area contributed by atoms with Crippen LogP contribution in [0.2, 0.25) is 0 Å². The number of sulfone groups is 1. The topological polar surface area (TPSA) is 238 Å². The average Bonchev–Trinajstić information content (AvgIpc) is 1.64. The Labute approximate surface area is 673 Å².